The van der Waals surface area contributed by atoms with Gasteiger partial charge in [0.1, 0.15) is 12.0 Å². The number of aliphatic imine (C=N–C) groups is 2. The highest BCUT2D eigenvalue weighted by molar-refractivity contribution is 6.26. The Hall–Kier alpha value is -6.08. The molecule has 0 amide bonds. The Labute approximate surface area is 252 Å². The van der Waals surface area contributed by atoms with Gasteiger partial charge in [0.15, 0.2) is 0 Å². The number of benzene rings is 5. The van der Waals surface area contributed by atoms with Gasteiger partial charge < -0.3 is 5.32 Å². The van der Waals surface area contributed by atoms with E-state index in [1.54, 1.807) is 12.4 Å². The molecular formula is C37H25N7. The Balaban J connectivity index is 1.44. The van der Waals surface area contributed by atoms with Gasteiger partial charge in [0.05, 0.1) is 22.1 Å². The van der Waals surface area contributed by atoms with Crippen LogP contribution >= 0.6 is 0 Å². The smallest absolute Gasteiger partial charge is 0.234 e. The van der Waals surface area contributed by atoms with Gasteiger partial charge in [-0.1, -0.05) is 109 Å². The Bertz CT molecular complexity index is 2400. The molecule has 0 saturated carbocycles. The lowest BCUT2D eigenvalue weighted by atomic mass is 10.1. The van der Waals surface area contributed by atoms with Gasteiger partial charge in [-0.25, -0.2) is 15.0 Å². The van der Waals surface area contributed by atoms with Crippen molar-refractivity contribution >= 4 is 55.4 Å². The van der Waals surface area contributed by atoms with Crippen molar-refractivity contribution in [2.45, 2.75) is 6.17 Å². The molecule has 0 bridgehead atoms. The third kappa shape index (κ3) is 3.69. The zero-order chi connectivity index (χ0) is 29.0. The first-order valence-electron chi connectivity index (χ1n) is 14.6. The summed E-state index contributed by atoms with van der Waals surface area (Å²) in [5.74, 6) is 2.00. The second-order valence-electron chi connectivity index (χ2n) is 10.8. The van der Waals surface area contributed by atoms with E-state index in [-0.39, 0.29) is 6.17 Å². The highest BCUT2D eigenvalue weighted by Crippen LogP contribution is 2.40. The number of hydrogen-bond acceptors (Lipinski definition) is 5. The minimum absolute atomic E-state index is 0.322. The van der Waals surface area contributed by atoms with Gasteiger partial charge in [-0.2, -0.15) is 4.99 Å². The molecule has 1 atom stereocenters. The van der Waals surface area contributed by atoms with Crippen molar-refractivity contribution in [1.29, 1.82) is 0 Å². The molecule has 0 spiro atoms. The standard InChI is InChI=1S/C37H25N7/c1-3-12-24(13-4-1)34-40-35(25-14-5-2-6-15-25)42-37(41-34)44-31-19-10-8-17-27(31)29-21-20-28-26-16-7-9-18-30(26)43(32(28)33(29)44)36-38-22-11-23-39-36/h1-23,34H,(H,40,41,42). The maximum atomic E-state index is 5.27. The lowest BCUT2D eigenvalue weighted by Gasteiger charge is -2.24. The van der Waals surface area contributed by atoms with Gasteiger partial charge in [0.25, 0.3) is 0 Å². The molecule has 1 aliphatic rings. The average molecular weight is 568 g/mol. The number of nitrogens with zero attached hydrogens (tertiary/aromatic N) is 6. The normalized spacial score (nSPS) is 15.0. The predicted molar refractivity (Wildman–Crippen MR) is 178 cm³/mol. The zero-order valence-electron chi connectivity index (χ0n) is 23.5. The van der Waals surface area contributed by atoms with Crippen LogP contribution in [0.3, 0.4) is 0 Å². The van der Waals surface area contributed by atoms with E-state index in [2.05, 4.69) is 99.4 Å². The van der Waals surface area contributed by atoms with Crippen LogP contribution in [0.4, 0.5) is 0 Å². The molecule has 208 valence electrons. The minimum Gasteiger partial charge on any atom is -0.344 e. The number of aromatic nitrogens is 4. The molecule has 8 aromatic rings. The summed E-state index contributed by atoms with van der Waals surface area (Å²) >= 11 is 0. The zero-order valence-corrected chi connectivity index (χ0v) is 23.5. The van der Waals surface area contributed by atoms with Crippen molar-refractivity contribution in [3.8, 4) is 5.95 Å². The molecule has 44 heavy (non-hydrogen) atoms. The number of rotatable bonds is 3. The molecule has 0 aliphatic carbocycles. The van der Waals surface area contributed by atoms with Gasteiger partial charge in [-0.15, -0.1) is 0 Å². The molecule has 9 rings (SSSR count). The Morgan fingerprint density at radius 1 is 0.523 bits per heavy atom. The number of para-hydroxylation sites is 2. The quantitative estimate of drug-likeness (QED) is 0.239. The van der Waals surface area contributed by atoms with E-state index in [0.29, 0.717) is 11.9 Å². The molecule has 1 N–H and O–H groups in total. The third-order valence-electron chi connectivity index (χ3n) is 8.31. The molecule has 7 nitrogen and oxygen atoms in total. The van der Waals surface area contributed by atoms with Crippen LogP contribution in [0.25, 0.3) is 49.6 Å². The summed E-state index contributed by atoms with van der Waals surface area (Å²) in [4.78, 5) is 19.9. The highest BCUT2D eigenvalue weighted by atomic mass is 15.3. The largest absolute Gasteiger partial charge is 0.344 e. The Kier molecular flexibility index (Phi) is 5.43. The molecule has 0 fully saturated rings. The number of hydrogen-bond donors (Lipinski definition) is 1. The molecule has 0 saturated heterocycles. The van der Waals surface area contributed by atoms with Crippen LogP contribution in [0.1, 0.15) is 17.3 Å². The maximum Gasteiger partial charge on any atom is 0.234 e. The molecule has 1 unspecified atom stereocenters. The van der Waals surface area contributed by atoms with Crippen LogP contribution in [0.15, 0.2) is 150 Å². The molecule has 4 heterocycles. The summed E-state index contributed by atoms with van der Waals surface area (Å²) < 4.78 is 4.38. The Morgan fingerprint density at radius 3 is 1.77 bits per heavy atom. The molecule has 3 aromatic heterocycles. The van der Waals surface area contributed by atoms with E-state index in [1.807, 2.05) is 42.5 Å². The first-order chi connectivity index (χ1) is 21.8. The van der Waals surface area contributed by atoms with Crippen molar-refractivity contribution in [2.75, 3.05) is 0 Å². The maximum absolute atomic E-state index is 5.27. The van der Waals surface area contributed by atoms with Crippen LogP contribution in [-0.4, -0.2) is 30.9 Å². The molecule has 0 radical (unpaired) electrons. The van der Waals surface area contributed by atoms with Crippen LogP contribution in [0.5, 0.6) is 0 Å². The van der Waals surface area contributed by atoms with Gasteiger partial charge in [-0.3, -0.25) is 9.13 Å². The second kappa shape index (κ2) is 9.74. The van der Waals surface area contributed by atoms with Gasteiger partial charge in [0.2, 0.25) is 11.9 Å². The van der Waals surface area contributed by atoms with Gasteiger partial charge in [-0.05, 0) is 23.8 Å². The lowest BCUT2D eigenvalue weighted by molar-refractivity contribution is 0.668. The summed E-state index contributed by atoms with van der Waals surface area (Å²) in [7, 11) is 0. The lowest BCUT2D eigenvalue weighted by Crippen LogP contribution is -2.35. The first kappa shape index (κ1) is 24.5. The van der Waals surface area contributed by atoms with Crippen LogP contribution < -0.4 is 5.32 Å². The van der Waals surface area contributed by atoms with Gasteiger partial charge >= 0.3 is 0 Å². The van der Waals surface area contributed by atoms with E-state index in [4.69, 9.17) is 20.0 Å². The summed E-state index contributed by atoms with van der Waals surface area (Å²) in [5, 5.41) is 8.09. The van der Waals surface area contributed by atoms with Gasteiger partial charge in [0, 0.05) is 39.5 Å². The van der Waals surface area contributed by atoms with E-state index < -0.39 is 0 Å². The summed E-state index contributed by atoms with van der Waals surface area (Å²) in [6.07, 6.45) is 3.25. The van der Waals surface area contributed by atoms with Crippen LogP contribution in [-0.2, 0) is 0 Å². The third-order valence-corrected chi connectivity index (χ3v) is 8.31. The second-order valence-corrected chi connectivity index (χ2v) is 10.8. The van der Waals surface area contributed by atoms with Crippen molar-refractivity contribution in [1.82, 2.24) is 24.4 Å². The first-order valence-corrected chi connectivity index (χ1v) is 14.6. The molecule has 1 aliphatic heterocycles. The number of nitrogens with one attached hydrogen (secondary N) is 1. The van der Waals surface area contributed by atoms with E-state index >= 15 is 0 Å². The van der Waals surface area contributed by atoms with Crippen molar-refractivity contribution in [3.05, 3.63) is 151 Å². The topological polar surface area (TPSA) is 72.4 Å². The van der Waals surface area contributed by atoms with E-state index in [0.717, 1.165) is 60.6 Å². The monoisotopic (exact) mass is 567 g/mol. The fourth-order valence-electron chi connectivity index (χ4n) is 6.41. The van der Waals surface area contributed by atoms with E-state index in [9.17, 15) is 0 Å². The number of amidine groups is 1. The molecular weight excluding hydrogens is 542 g/mol. The van der Waals surface area contributed by atoms with Crippen molar-refractivity contribution in [3.63, 3.8) is 0 Å². The van der Waals surface area contributed by atoms with Crippen molar-refractivity contribution < 1.29 is 0 Å². The molecule has 7 heteroatoms. The number of fused-ring (bicyclic) bond motifs is 7. The Morgan fingerprint density at radius 2 is 1.09 bits per heavy atom. The van der Waals surface area contributed by atoms with Crippen LogP contribution in [0, 0.1) is 0 Å². The summed E-state index contributed by atoms with van der Waals surface area (Å²) in [6, 6.07) is 43.7. The summed E-state index contributed by atoms with van der Waals surface area (Å²) in [5.41, 5.74) is 6.16. The van der Waals surface area contributed by atoms with Crippen LogP contribution in [0.2, 0.25) is 0 Å². The predicted octanol–water partition coefficient (Wildman–Crippen LogP) is 7.63. The highest BCUT2D eigenvalue weighted by Gasteiger charge is 2.26. The molecule has 5 aromatic carbocycles. The fraction of sp³-hybridized carbons (Fsp3) is 0.0270. The van der Waals surface area contributed by atoms with Crippen molar-refractivity contribution in [2.24, 2.45) is 9.98 Å². The fourth-order valence-corrected chi connectivity index (χ4v) is 6.41. The average Bonchev–Trinajstić information content (AvgIpc) is 3.62. The SMILES string of the molecule is c1ccc(C2=NC(n3c4ccccc4c4ccc5c6ccccc6n(-c6ncccn6)c5c43)=NC(c3ccccc3)N2)cc1. The summed E-state index contributed by atoms with van der Waals surface area (Å²) in [6.45, 7) is 0. The van der Waals surface area contributed by atoms with E-state index in [1.165, 1.54) is 0 Å². The minimum atomic E-state index is -0.322.